The first-order chi connectivity index (χ1) is 13.0. The molecule has 1 N–H and O–H groups in total. The highest BCUT2D eigenvalue weighted by molar-refractivity contribution is 5.97. The number of fused-ring (bicyclic) bond motifs is 1. The summed E-state index contributed by atoms with van der Waals surface area (Å²) in [5, 5.41) is 11.2. The molecule has 8 nitrogen and oxygen atoms in total. The van der Waals surface area contributed by atoms with Gasteiger partial charge in [-0.25, -0.2) is 4.68 Å². The number of hydrogen-bond acceptors (Lipinski definition) is 5. The summed E-state index contributed by atoms with van der Waals surface area (Å²) in [5.74, 6) is 0.0558. The molecule has 2 amide bonds. The van der Waals surface area contributed by atoms with Gasteiger partial charge in [0.2, 0.25) is 5.91 Å². The Labute approximate surface area is 159 Å². The molecule has 0 spiro atoms. The van der Waals surface area contributed by atoms with Crippen LogP contribution in [0.25, 0.3) is 11.0 Å². The van der Waals surface area contributed by atoms with E-state index in [1.165, 1.54) is 0 Å². The fourth-order valence-corrected chi connectivity index (χ4v) is 3.26. The Bertz CT molecular complexity index is 810. The number of carbonyl (C=O) groups excluding carboxylic acids is 2. The first kappa shape index (κ1) is 19.3. The van der Waals surface area contributed by atoms with Gasteiger partial charge in [-0.1, -0.05) is 12.1 Å². The van der Waals surface area contributed by atoms with Gasteiger partial charge in [0.1, 0.15) is 5.52 Å². The van der Waals surface area contributed by atoms with E-state index in [9.17, 15) is 9.59 Å². The fourth-order valence-electron chi connectivity index (χ4n) is 3.26. The minimum absolute atomic E-state index is 0.00616. The van der Waals surface area contributed by atoms with Crippen molar-refractivity contribution in [3.63, 3.8) is 0 Å². The smallest absolute Gasteiger partial charge is 0.254 e. The van der Waals surface area contributed by atoms with Crippen molar-refractivity contribution in [1.82, 2.24) is 30.1 Å². The van der Waals surface area contributed by atoms with Gasteiger partial charge in [-0.3, -0.25) is 14.5 Å². The first-order valence-electron chi connectivity index (χ1n) is 9.66. The van der Waals surface area contributed by atoms with Crippen LogP contribution in [0.4, 0.5) is 0 Å². The molecule has 1 unspecified atom stereocenters. The quantitative estimate of drug-likeness (QED) is 0.822. The molecule has 1 aromatic heterocycles. The lowest BCUT2D eigenvalue weighted by atomic mass is 10.1. The van der Waals surface area contributed by atoms with Gasteiger partial charge in [-0.2, -0.15) is 0 Å². The molecule has 8 heteroatoms. The third-order valence-electron chi connectivity index (χ3n) is 5.11. The molecule has 0 saturated carbocycles. The summed E-state index contributed by atoms with van der Waals surface area (Å²) < 4.78 is 1.81. The molecule has 3 rings (SSSR count). The van der Waals surface area contributed by atoms with E-state index in [0.29, 0.717) is 38.3 Å². The number of benzene rings is 1. The van der Waals surface area contributed by atoms with E-state index in [4.69, 9.17) is 0 Å². The van der Waals surface area contributed by atoms with E-state index in [0.717, 1.165) is 24.0 Å². The van der Waals surface area contributed by atoms with E-state index < -0.39 is 0 Å². The van der Waals surface area contributed by atoms with E-state index >= 15 is 0 Å². The van der Waals surface area contributed by atoms with Crippen molar-refractivity contribution in [1.29, 1.82) is 0 Å². The van der Waals surface area contributed by atoms with Crippen molar-refractivity contribution in [2.75, 3.05) is 32.7 Å². The summed E-state index contributed by atoms with van der Waals surface area (Å²) >= 11 is 0. The molecule has 0 aliphatic carbocycles. The Balaban J connectivity index is 1.56. The zero-order valence-electron chi connectivity index (χ0n) is 16.3. The van der Waals surface area contributed by atoms with Crippen molar-refractivity contribution in [2.45, 2.75) is 39.8 Å². The summed E-state index contributed by atoms with van der Waals surface area (Å²) in [4.78, 5) is 28.8. The highest BCUT2D eigenvalue weighted by Gasteiger charge is 2.24. The van der Waals surface area contributed by atoms with Gasteiger partial charge >= 0.3 is 0 Å². The molecular formula is C19H28N6O2. The van der Waals surface area contributed by atoms with Crippen molar-refractivity contribution in [2.24, 2.45) is 0 Å². The van der Waals surface area contributed by atoms with Crippen LogP contribution < -0.4 is 5.32 Å². The maximum atomic E-state index is 12.8. The number of amides is 2. The molecule has 1 fully saturated rings. The van der Waals surface area contributed by atoms with Gasteiger partial charge in [0.25, 0.3) is 5.91 Å². The van der Waals surface area contributed by atoms with Crippen LogP contribution in [0, 0.1) is 0 Å². The number of aryl methyl sites for hydroxylation is 1. The van der Waals surface area contributed by atoms with E-state index in [2.05, 4.69) is 27.5 Å². The molecular weight excluding hydrogens is 344 g/mol. The Hall–Kier alpha value is -2.48. The molecule has 2 aromatic rings. The minimum Gasteiger partial charge on any atom is -0.353 e. The van der Waals surface area contributed by atoms with Crippen molar-refractivity contribution < 1.29 is 9.59 Å². The molecule has 2 heterocycles. The van der Waals surface area contributed by atoms with Crippen LogP contribution in [0.5, 0.6) is 0 Å². The summed E-state index contributed by atoms with van der Waals surface area (Å²) in [6, 6.07) is 5.75. The van der Waals surface area contributed by atoms with Crippen LogP contribution in [0.15, 0.2) is 18.2 Å². The van der Waals surface area contributed by atoms with Crippen LogP contribution in [0.3, 0.4) is 0 Å². The predicted molar refractivity (Wildman–Crippen MR) is 103 cm³/mol. The lowest BCUT2D eigenvalue weighted by molar-refractivity contribution is -0.123. The lowest BCUT2D eigenvalue weighted by Crippen LogP contribution is -2.51. The van der Waals surface area contributed by atoms with Crippen LogP contribution in [0.1, 0.15) is 37.6 Å². The number of nitrogens with one attached hydrogen (secondary N) is 1. The third-order valence-corrected chi connectivity index (χ3v) is 5.11. The molecule has 0 radical (unpaired) electrons. The summed E-state index contributed by atoms with van der Waals surface area (Å²) in [6.45, 7) is 9.84. The van der Waals surface area contributed by atoms with Gasteiger partial charge in [-0.15, -0.1) is 5.10 Å². The summed E-state index contributed by atoms with van der Waals surface area (Å²) in [7, 11) is 0. The molecule has 0 bridgehead atoms. The maximum Gasteiger partial charge on any atom is 0.254 e. The first-order valence-corrected chi connectivity index (χ1v) is 9.66. The van der Waals surface area contributed by atoms with Crippen molar-refractivity contribution in [3.8, 4) is 0 Å². The van der Waals surface area contributed by atoms with Gasteiger partial charge in [-0.05, 0) is 38.5 Å². The molecule has 1 atom stereocenters. The van der Waals surface area contributed by atoms with Crippen LogP contribution in [0.2, 0.25) is 0 Å². The molecule has 1 aromatic carbocycles. The fraction of sp³-hybridized carbons (Fsp3) is 0.579. The zero-order valence-corrected chi connectivity index (χ0v) is 16.3. The predicted octanol–water partition coefficient (Wildman–Crippen LogP) is 1.12. The topological polar surface area (TPSA) is 83.4 Å². The number of rotatable bonds is 6. The van der Waals surface area contributed by atoms with Gasteiger partial charge < -0.3 is 10.2 Å². The number of aromatic nitrogens is 3. The highest BCUT2D eigenvalue weighted by Crippen LogP contribution is 2.16. The number of hydrogen-bond donors (Lipinski definition) is 1. The molecule has 27 heavy (non-hydrogen) atoms. The van der Waals surface area contributed by atoms with Gasteiger partial charge in [0.15, 0.2) is 0 Å². The van der Waals surface area contributed by atoms with Crippen LogP contribution in [-0.2, 0) is 11.3 Å². The second kappa shape index (κ2) is 8.47. The number of nitrogens with zero attached hydrogens (tertiary/aromatic N) is 5. The largest absolute Gasteiger partial charge is 0.353 e. The average Bonchev–Trinajstić information content (AvgIpc) is 3.10. The summed E-state index contributed by atoms with van der Waals surface area (Å²) in [5.41, 5.74) is 2.31. The Morgan fingerprint density at radius 1 is 1.19 bits per heavy atom. The third kappa shape index (κ3) is 4.44. The van der Waals surface area contributed by atoms with Gasteiger partial charge in [0.05, 0.1) is 12.1 Å². The Morgan fingerprint density at radius 3 is 2.59 bits per heavy atom. The SMILES string of the molecule is CCC(C)NC(=O)CN1CCN(C(=O)c2ccc3c(c2)nnn3CC)CC1. The molecule has 1 aliphatic rings. The van der Waals surface area contributed by atoms with Crippen LogP contribution >= 0.6 is 0 Å². The van der Waals surface area contributed by atoms with Gasteiger partial charge in [0, 0.05) is 44.3 Å². The van der Waals surface area contributed by atoms with E-state index in [-0.39, 0.29) is 17.9 Å². The maximum absolute atomic E-state index is 12.8. The minimum atomic E-state index is 0.00616. The average molecular weight is 372 g/mol. The van der Waals surface area contributed by atoms with Crippen molar-refractivity contribution in [3.05, 3.63) is 23.8 Å². The molecule has 1 saturated heterocycles. The second-order valence-corrected chi connectivity index (χ2v) is 7.05. The lowest BCUT2D eigenvalue weighted by Gasteiger charge is -2.34. The molecule has 1 aliphatic heterocycles. The highest BCUT2D eigenvalue weighted by atomic mass is 16.2. The van der Waals surface area contributed by atoms with Crippen LogP contribution in [-0.4, -0.2) is 75.4 Å². The number of carbonyl (C=O) groups is 2. The second-order valence-electron chi connectivity index (χ2n) is 7.05. The Morgan fingerprint density at radius 2 is 1.93 bits per heavy atom. The molecule has 146 valence electrons. The summed E-state index contributed by atoms with van der Waals surface area (Å²) in [6.07, 6.45) is 0.921. The van der Waals surface area contributed by atoms with Crippen molar-refractivity contribution >= 4 is 22.8 Å². The normalized spacial score (nSPS) is 16.5. The number of piperazine rings is 1. The monoisotopic (exact) mass is 372 g/mol. The van der Waals surface area contributed by atoms with E-state index in [1.54, 1.807) is 0 Å². The van der Waals surface area contributed by atoms with E-state index in [1.807, 2.05) is 41.6 Å². The zero-order chi connectivity index (χ0) is 19.4. The standard InChI is InChI=1S/C19H28N6O2/c1-4-14(3)20-18(26)13-23-8-10-24(11-9-23)19(27)15-6-7-17-16(12-15)21-22-25(17)5-2/h6-7,12,14H,4-5,8-11,13H2,1-3H3,(H,20,26). The Kier molecular flexibility index (Phi) is 6.05.